The quantitative estimate of drug-likeness (QED) is 0.921. The highest BCUT2D eigenvalue weighted by Crippen LogP contribution is 2.31. The van der Waals surface area contributed by atoms with E-state index >= 15 is 0 Å². The van der Waals surface area contributed by atoms with E-state index in [1.165, 1.54) is 6.42 Å². The second kappa shape index (κ2) is 5.28. The molecule has 0 bridgehead atoms. The molecule has 5 heteroatoms. The Morgan fingerprint density at radius 2 is 2.35 bits per heavy atom. The third kappa shape index (κ3) is 2.31. The van der Waals surface area contributed by atoms with Crippen LogP contribution in [0.15, 0.2) is 24.4 Å². The number of nitrogens with zero attached hydrogens (tertiary/aromatic N) is 3. The van der Waals surface area contributed by atoms with Crippen molar-refractivity contribution in [1.29, 1.82) is 5.26 Å². The fourth-order valence-electron chi connectivity index (χ4n) is 2.74. The molecule has 1 fully saturated rings. The number of halogens is 1. The maximum absolute atomic E-state index is 9.21. The zero-order valence-corrected chi connectivity index (χ0v) is 12.0. The molecule has 1 saturated heterocycles. The first-order valence-corrected chi connectivity index (χ1v) is 7.02. The van der Waals surface area contributed by atoms with Crippen molar-refractivity contribution in [3.05, 3.63) is 40.8 Å². The molecule has 0 saturated carbocycles. The Kier molecular flexibility index (Phi) is 3.47. The number of H-pyrrole nitrogens is 1. The standard InChI is InChI=1S/C15H15ClN4/c1-20-6-2-3-14(20)15-18-9-13(19-15)12-5-4-11(16)7-10(12)8-17/h4-5,7,9,14H,2-3,6H2,1H3,(H,18,19)/t14-/m0/s1. The van der Waals surface area contributed by atoms with Gasteiger partial charge >= 0.3 is 0 Å². The largest absolute Gasteiger partial charge is 0.341 e. The Morgan fingerprint density at radius 3 is 3.05 bits per heavy atom. The molecule has 1 aromatic heterocycles. The summed E-state index contributed by atoms with van der Waals surface area (Å²) in [6, 6.07) is 7.86. The number of benzene rings is 1. The summed E-state index contributed by atoms with van der Waals surface area (Å²) in [5.74, 6) is 0.971. The number of aromatic nitrogens is 2. The molecule has 1 aromatic carbocycles. The highest BCUT2D eigenvalue weighted by atomic mass is 35.5. The number of aromatic amines is 1. The Morgan fingerprint density at radius 1 is 1.50 bits per heavy atom. The van der Waals surface area contributed by atoms with Crippen molar-refractivity contribution in [2.45, 2.75) is 18.9 Å². The van der Waals surface area contributed by atoms with Crippen molar-refractivity contribution in [2.24, 2.45) is 0 Å². The highest BCUT2D eigenvalue weighted by Gasteiger charge is 2.25. The summed E-state index contributed by atoms with van der Waals surface area (Å²) in [5.41, 5.74) is 2.28. The number of rotatable bonds is 2. The van der Waals surface area contributed by atoms with Crippen LogP contribution in [0.2, 0.25) is 5.02 Å². The summed E-state index contributed by atoms with van der Waals surface area (Å²) in [6.07, 6.45) is 4.11. The normalized spacial score (nSPS) is 19.1. The van der Waals surface area contributed by atoms with Gasteiger partial charge in [-0.1, -0.05) is 17.7 Å². The van der Waals surface area contributed by atoms with Crippen molar-refractivity contribution in [1.82, 2.24) is 14.9 Å². The molecule has 4 nitrogen and oxygen atoms in total. The Balaban J connectivity index is 1.96. The Hall–Kier alpha value is -1.83. The van der Waals surface area contributed by atoms with Gasteiger partial charge in [0.1, 0.15) is 5.82 Å². The number of nitriles is 1. The van der Waals surface area contributed by atoms with E-state index in [-0.39, 0.29) is 0 Å². The summed E-state index contributed by atoms with van der Waals surface area (Å²) in [5, 5.41) is 9.78. The van der Waals surface area contributed by atoms with E-state index in [9.17, 15) is 5.26 Å². The number of nitrogens with one attached hydrogen (secondary N) is 1. The van der Waals surface area contributed by atoms with Crippen LogP contribution >= 0.6 is 11.6 Å². The van der Waals surface area contributed by atoms with Crippen LogP contribution in [0.5, 0.6) is 0 Å². The minimum absolute atomic E-state index is 0.349. The minimum atomic E-state index is 0.349. The maximum Gasteiger partial charge on any atom is 0.123 e. The molecule has 0 amide bonds. The van der Waals surface area contributed by atoms with Crippen molar-refractivity contribution in [2.75, 3.05) is 13.6 Å². The van der Waals surface area contributed by atoms with Crippen molar-refractivity contribution < 1.29 is 0 Å². The molecule has 0 unspecified atom stereocenters. The predicted octanol–water partition coefficient (Wildman–Crippen LogP) is 3.37. The monoisotopic (exact) mass is 286 g/mol. The maximum atomic E-state index is 9.21. The van der Waals surface area contributed by atoms with Gasteiger partial charge < -0.3 is 4.98 Å². The third-order valence-electron chi connectivity index (χ3n) is 3.82. The predicted molar refractivity (Wildman–Crippen MR) is 78.4 cm³/mol. The van der Waals surface area contributed by atoms with Gasteiger partial charge in [-0.05, 0) is 38.6 Å². The average molecular weight is 287 g/mol. The van der Waals surface area contributed by atoms with Gasteiger partial charge in [-0.15, -0.1) is 0 Å². The molecule has 1 N–H and O–H groups in total. The van der Waals surface area contributed by atoms with E-state index in [0.29, 0.717) is 16.6 Å². The SMILES string of the molecule is CN1CCC[C@H]1c1ncc(-c2ccc(Cl)cc2C#N)[nH]1. The summed E-state index contributed by atoms with van der Waals surface area (Å²) < 4.78 is 0. The smallest absolute Gasteiger partial charge is 0.123 e. The molecule has 0 radical (unpaired) electrons. The summed E-state index contributed by atoms with van der Waals surface area (Å²) in [7, 11) is 2.11. The van der Waals surface area contributed by atoms with Gasteiger partial charge in [0, 0.05) is 10.6 Å². The lowest BCUT2D eigenvalue weighted by atomic mass is 10.1. The second-order valence-corrected chi connectivity index (χ2v) is 5.56. The molecular formula is C15H15ClN4. The number of hydrogen-bond acceptors (Lipinski definition) is 3. The molecule has 1 aliphatic heterocycles. The first-order chi connectivity index (χ1) is 9.69. The van der Waals surface area contributed by atoms with E-state index < -0.39 is 0 Å². The first kappa shape index (κ1) is 13.2. The summed E-state index contributed by atoms with van der Waals surface area (Å²) in [6.45, 7) is 1.10. The molecule has 0 aliphatic carbocycles. The van der Waals surface area contributed by atoms with Gasteiger partial charge in [-0.2, -0.15) is 5.26 Å². The molecule has 102 valence electrons. The Bertz CT molecular complexity index is 671. The van der Waals surface area contributed by atoms with Crippen LogP contribution in [-0.4, -0.2) is 28.5 Å². The Labute approximate surface area is 123 Å². The highest BCUT2D eigenvalue weighted by molar-refractivity contribution is 6.30. The number of likely N-dealkylation sites (tertiary alicyclic amines) is 1. The van der Waals surface area contributed by atoms with E-state index in [1.54, 1.807) is 18.3 Å². The van der Waals surface area contributed by atoms with E-state index in [2.05, 4.69) is 28.0 Å². The molecule has 1 atom stereocenters. The fraction of sp³-hybridized carbons (Fsp3) is 0.333. The molecule has 2 aromatic rings. The number of hydrogen-bond donors (Lipinski definition) is 1. The first-order valence-electron chi connectivity index (χ1n) is 6.64. The zero-order chi connectivity index (χ0) is 14.1. The van der Waals surface area contributed by atoms with E-state index in [1.807, 2.05) is 6.07 Å². The minimum Gasteiger partial charge on any atom is -0.341 e. The fourth-order valence-corrected chi connectivity index (χ4v) is 2.91. The second-order valence-electron chi connectivity index (χ2n) is 5.12. The van der Waals surface area contributed by atoms with Crippen LogP contribution in [-0.2, 0) is 0 Å². The van der Waals surface area contributed by atoms with Gasteiger partial charge in [-0.3, -0.25) is 4.90 Å². The average Bonchev–Trinajstić information content (AvgIpc) is 3.07. The van der Waals surface area contributed by atoms with Crippen LogP contribution in [0.4, 0.5) is 0 Å². The van der Waals surface area contributed by atoms with Crippen LogP contribution in [0.1, 0.15) is 30.3 Å². The van der Waals surface area contributed by atoms with E-state index in [0.717, 1.165) is 30.0 Å². The molecule has 3 rings (SSSR count). The van der Waals surface area contributed by atoms with Crippen molar-refractivity contribution in [3.63, 3.8) is 0 Å². The van der Waals surface area contributed by atoms with Gasteiger partial charge in [0.25, 0.3) is 0 Å². The van der Waals surface area contributed by atoms with Gasteiger partial charge in [-0.25, -0.2) is 4.98 Å². The molecule has 0 spiro atoms. The van der Waals surface area contributed by atoms with Gasteiger partial charge in [0.2, 0.25) is 0 Å². The van der Waals surface area contributed by atoms with Crippen LogP contribution in [0.25, 0.3) is 11.3 Å². The van der Waals surface area contributed by atoms with Gasteiger partial charge in [0.15, 0.2) is 0 Å². The van der Waals surface area contributed by atoms with Crippen molar-refractivity contribution in [3.8, 4) is 17.3 Å². The molecule has 1 aliphatic rings. The van der Waals surface area contributed by atoms with Gasteiger partial charge in [0.05, 0.1) is 29.6 Å². The summed E-state index contributed by atoms with van der Waals surface area (Å²) >= 11 is 5.93. The molecular weight excluding hydrogens is 272 g/mol. The lowest BCUT2D eigenvalue weighted by molar-refractivity contribution is 0.307. The van der Waals surface area contributed by atoms with E-state index in [4.69, 9.17) is 11.6 Å². The number of imidazole rings is 1. The third-order valence-corrected chi connectivity index (χ3v) is 4.06. The molecule has 20 heavy (non-hydrogen) atoms. The lowest BCUT2D eigenvalue weighted by Crippen LogP contribution is -2.18. The van der Waals surface area contributed by atoms with Crippen LogP contribution in [0.3, 0.4) is 0 Å². The molecule has 2 heterocycles. The van der Waals surface area contributed by atoms with Crippen LogP contribution < -0.4 is 0 Å². The summed E-state index contributed by atoms with van der Waals surface area (Å²) in [4.78, 5) is 10.1. The zero-order valence-electron chi connectivity index (χ0n) is 11.2. The van der Waals surface area contributed by atoms with Crippen molar-refractivity contribution >= 4 is 11.6 Å². The lowest BCUT2D eigenvalue weighted by Gasteiger charge is -2.16. The van der Waals surface area contributed by atoms with Crippen LogP contribution in [0, 0.1) is 11.3 Å². The topological polar surface area (TPSA) is 55.7 Å².